The lowest BCUT2D eigenvalue weighted by Crippen LogP contribution is -2.44. The van der Waals surface area contributed by atoms with E-state index in [0.717, 1.165) is 0 Å². The summed E-state index contributed by atoms with van der Waals surface area (Å²) in [5, 5.41) is 13.9. The third kappa shape index (κ3) is 4.22. The van der Waals surface area contributed by atoms with Crippen molar-refractivity contribution in [2.75, 3.05) is 11.9 Å². The average Bonchev–Trinajstić information content (AvgIpc) is 2.52. The van der Waals surface area contributed by atoms with Crippen molar-refractivity contribution in [3.8, 4) is 11.8 Å². The fourth-order valence-corrected chi connectivity index (χ4v) is 1.97. The van der Waals surface area contributed by atoms with Crippen molar-refractivity contribution in [2.45, 2.75) is 33.6 Å². The van der Waals surface area contributed by atoms with E-state index in [0.29, 0.717) is 30.9 Å². The van der Waals surface area contributed by atoms with Crippen molar-refractivity contribution < 1.29 is 14.3 Å². The van der Waals surface area contributed by atoms with E-state index in [4.69, 9.17) is 4.74 Å². The monoisotopic (exact) mass is 303 g/mol. The smallest absolute Gasteiger partial charge is 0.325 e. The second-order valence-electron chi connectivity index (χ2n) is 4.77. The molecule has 0 aliphatic heterocycles. The molecule has 0 radical (unpaired) electrons. The maximum atomic E-state index is 12.1. The zero-order valence-corrected chi connectivity index (χ0v) is 13.1. The molecule has 6 heteroatoms. The van der Waals surface area contributed by atoms with Gasteiger partial charge in [-0.3, -0.25) is 10.1 Å². The Morgan fingerprint density at radius 1 is 1.18 bits per heavy atom. The minimum absolute atomic E-state index is 0.349. The Kier molecular flexibility index (Phi) is 6.39. The fraction of sp³-hybridized carbons (Fsp3) is 0.438. The third-order valence-electron chi connectivity index (χ3n) is 3.51. The number of carbonyl (C=O) groups is 2. The van der Waals surface area contributed by atoms with Gasteiger partial charge in [-0.15, -0.1) is 0 Å². The van der Waals surface area contributed by atoms with E-state index < -0.39 is 17.4 Å². The molecule has 2 N–H and O–H groups in total. The molecule has 0 heterocycles. The van der Waals surface area contributed by atoms with Crippen LogP contribution in [0.3, 0.4) is 0 Å². The quantitative estimate of drug-likeness (QED) is 0.845. The minimum atomic E-state index is -1.17. The summed E-state index contributed by atoms with van der Waals surface area (Å²) in [6, 6.07) is 8.13. The molecule has 0 fully saturated rings. The van der Waals surface area contributed by atoms with Crippen LogP contribution in [-0.4, -0.2) is 18.5 Å². The van der Waals surface area contributed by atoms with Crippen LogP contribution in [0.15, 0.2) is 24.3 Å². The number of anilines is 1. The summed E-state index contributed by atoms with van der Waals surface area (Å²) < 4.78 is 5.30. The Labute approximate surface area is 130 Å². The fourth-order valence-electron chi connectivity index (χ4n) is 1.97. The van der Waals surface area contributed by atoms with Gasteiger partial charge in [0.15, 0.2) is 0 Å². The van der Waals surface area contributed by atoms with Gasteiger partial charge >= 0.3 is 6.03 Å². The number of carbonyl (C=O) groups excluding carboxylic acids is 2. The lowest BCUT2D eigenvalue weighted by Gasteiger charge is -2.21. The first-order valence-corrected chi connectivity index (χ1v) is 7.27. The summed E-state index contributed by atoms with van der Waals surface area (Å²) in [4.78, 5) is 23.9. The highest BCUT2D eigenvalue weighted by Crippen LogP contribution is 2.25. The Hall–Kier alpha value is -2.55. The van der Waals surface area contributed by atoms with E-state index in [9.17, 15) is 14.9 Å². The van der Waals surface area contributed by atoms with Gasteiger partial charge in [-0.2, -0.15) is 5.26 Å². The van der Waals surface area contributed by atoms with Gasteiger partial charge in [0, 0.05) is 5.69 Å². The van der Waals surface area contributed by atoms with Crippen LogP contribution in [0.5, 0.6) is 5.75 Å². The molecule has 0 saturated heterocycles. The standard InChI is InChI=1S/C16H21N3O3/c1-4-16(5-2,11-17)14(20)19-15(21)18-12-7-9-13(10-8-12)22-6-3/h7-10H,4-6H2,1-3H3,(H2,18,19,20,21). The van der Waals surface area contributed by atoms with Gasteiger partial charge in [0.25, 0.3) is 0 Å². The first-order chi connectivity index (χ1) is 10.5. The van der Waals surface area contributed by atoms with E-state index in [2.05, 4.69) is 10.6 Å². The van der Waals surface area contributed by atoms with Crippen molar-refractivity contribution in [3.63, 3.8) is 0 Å². The summed E-state index contributed by atoms with van der Waals surface area (Å²) in [5.41, 5.74) is -0.639. The van der Waals surface area contributed by atoms with Gasteiger partial charge in [0.05, 0.1) is 12.7 Å². The molecule has 118 valence electrons. The lowest BCUT2D eigenvalue weighted by molar-refractivity contribution is -0.127. The number of urea groups is 1. The van der Waals surface area contributed by atoms with Crippen LogP contribution in [0, 0.1) is 16.7 Å². The van der Waals surface area contributed by atoms with Crippen LogP contribution < -0.4 is 15.4 Å². The summed E-state index contributed by atoms with van der Waals surface area (Å²) >= 11 is 0. The zero-order valence-electron chi connectivity index (χ0n) is 13.1. The Morgan fingerprint density at radius 3 is 2.23 bits per heavy atom. The van der Waals surface area contributed by atoms with Crippen molar-refractivity contribution in [2.24, 2.45) is 5.41 Å². The second kappa shape index (κ2) is 8.03. The molecule has 0 aliphatic carbocycles. The number of hydrogen-bond donors (Lipinski definition) is 2. The van der Waals surface area contributed by atoms with Crippen molar-refractivity contribution in [1.82, 2.24) is 5.32 Å². The van der Waals surface area contributed by atoms with Gasteiger partial charge in [0.2, 0.25) is 5.91 Å². The predicted molar refractivity (Wildman–Crippen MR) is 83.4 cm³/mol. The maximum Gasteiger partial charge on any atom is 0.325 e. The van der Waals surface area contributed by atoms with Crippen LogP contribution in [0.1, 0.15) is 33.6 Å². The number of nitrogens with zero attached hydrogens (tertiary/aromatic N) is 1. The number of hydrogen-bond acceptors (Lipinski definition) is 4. The lowest BCUT2D eigenvalue weighted by atomic mass is 9.83. The SMILES string of the molecule is CCOc1ccc(NC(=O)NC(=O)C(C#N)(CC)CC)cc1. The highest BCUT2D eigenvalue weighted by atomic mass is 16.5. The van der Waals surface area contributed by atoms with Gasteiger partial charge in [-0.1, -0.05) is 13.8 Å². The number of rotatable bonds is 6. The number of ether oxygens (including phenoxy) is 1. The Bertz CT molecular complexity index is 557. The van der Waals surface area contributed by atoms with Crippen molar-refractivity contribution in [3.05, 3.63) is 24.3 Å². The Morgan fingerprint density at radius 2 is 1.77 bits per heavy atom. The highest BCUT2D eigenvalue weighted by Gasteiger charge is 2.35. The van der Waals surface area contributed by atoms with Crippen LogP contribution in [0.4, 0.5) is 10.5 Å². The molecule has 22 heavy (non-hydrogen) atoms. The van der Waals surface area contributed by atoms with Gasteiger partial charge in [-0.25, -0.2) is 4.79 Å². The molecule has 1 rings (SSSR count). The summed E-state index contributed by atoms with van der Waals surface area (Å²) in [6.45, 7) is 5.94. The van der Waals surface area contributed by atoms with Gasteiger partial charge < -0.3 is 10.1 Å². The van der Waals surface area contributed by atoms with Crippen molar-refractivity contribution in [1.29, 1.82) is 5.26 Å². The number of nitriles is 1. The topological polar surface area (TPSA) is 91.2 Å². The van der Waals surface area contributed by atoms with E-state index >= 15 is 0 Å². The largest absolute Gasteiger partial charge is 0.494 e. The molecule has 0 aliphatic rings. The first kappa shape index (κ1) is 17.5. The number of benzene rings is 1. The van der Waals surface area contributed by atoms with Crippen molar-refractivity contribution >= 4 is 17.6 Å². The van der Waals surface area contributed by atoms with Gasteiger partial charge in [-0.05, 0) is 44.0 Å². The molecule has 1 aromatic carbocycles. The van der Waals surface area contributed by atoms with E-state index in [1.807, 2.05) is 13.0 Å². The maximum absolute atomic E-state index is 12.1. The molecular formula is C16H21N3O3. The number of nitrogens with one attached hydrogen (secondary N) is 2. The molecule has 1 aromatic rings. The summed E-state index contributed by atoms with van der Waals surface area (Å²) in [5.74, 6) is 0.119. The van der Waals surface area contributed by atoms with Crippen LogP contribution in [0.2, 0.25) is 0 Å². The minimum Gasteiger partial charge on any atom is -0.494 e. The molecule has 6 nitrogen and oxygen atoms in total. The highest BCUT2D eigenvalue weighted by molar-refractivity contribution is 6.03. The normalized spacial score (nSPS) is 10.5. The first-order valence-electron chi connectivity index (χ1n) is 7.27. The van der Waals surface area contributed by atoms with E-state index in [-0.39, 0.29) is 0 Å². The molecule has 0 aromatic heterocycles. The second-order valence-corrected chi connectivity index (χ2v) is 4.77. The summed E-state index contributed by atoms with van der Waals surface area (Å²) in [7, 11) is 0. The molecule has 0 spiro atoms. The molecule has 0 unspecified atom stereocenters. The summed E-state index contributed by atoms with van der Waals surface area (Å²) in [6.07, 6.45) is 0.699. The molecular weight excluding hydrogens is 282 g/mol. The number of amides is 3. The molecule has 0 atom stereocenters. The zero-order chi connectivity index (χ0) is 16.6. The van der Waals surface area contributed by atoms with Crippen LogP contribution in [-0.2, 0) is 4.79 Å². The average molecular weight is 303 g/mol. The van der Waals surface area contributed by atoms with Crippen LogP contribution >= 0.6 is 0 Å². The molecule has 3 amide bonds. The van der Waals surface area contributed by atoms with Crippen LogP contribution in [0.25, 0.3) is 0 Å². The third-order valence-corrected chi connectivity index (χ3v) is 3.51. The van der Waals surface area contributed by atoms with Gasteiger partial charge in [0.1, 0.15) is 11.2 Å². The van der Waals surface area contributed by atoms with E-state index in [1.54, 1.807) is 38.1 Å². The Balaban J connectivity index is 2.66. The predicted octanol–water partition coefficient (Wildman–Crippen LogP) is 3.06. The molecule has 0 bridgehead atoms. The number of imide groups is 1. The van der Waals surface area contributed by atoms with E-state index in [1.165, 1.54) is 0 Å². The molecule has 0 saturated carbocycles.